The van der Waals surface area contributed by atoms with E-state index in [1.54, 1.807) is 49.7 Å². The lowest BCUT2D eigenvalue weighted by molar-refractivity contribution is -0.136. The van der Waals surface area contributed by atoms with Gasteiger partial charge in [0, 0.05) is 12.4 Å². The van der Waals surface area contributed by atoms with Gasteiger partial charge in [-0.05, 0) is 48.4 Å². The lowest BCUT2D eigenvalue weighted by Gasteiger charge is -2.07. The fraction of sp³-hybridized carbons (Fsp3) is 0.125. The summed E-state index contributed by atoms with van der Waals surface area (Å²) < 4.78 is 18.3. The summed E-state index contributed by atoms with van der Waals surface area (Å²) in [6.45, 7) is 2.02. The van der Waals surface area contributed by atoms with E-state index < -0.39 is 5.97 Å². The Hall–Kier alpha value is -2.49. The van der Waals surface area contributed by atoms with E-state index in [9.17, 15) is 9.18 Å². The van der Waals surface area contributed by atoms with Crippen molar-refractivity contribution in [3.8, 4) is 0 Å². The van der Waals surface area contributed by atoms with E-state index in [-0.39, 0.29) is 12.4 Å². The number of halogens is 1. The lowest BCUT2D eigenvalue weighted by atomic mass is 10.0. The highest BCUT2D eigenvalue weighted by atomic mass is 19.1. The minimum Gasteiger partial charge on any atom is -0.462 e. The van der Waals surface area contributed by atoms with E-state index in [4.69, 9.17) is 4.74 Å². The first kappa shape index (κ1) is 13.9. The molecule has 0 saturated carbocycles. The normalized spacial score (nSPS) is 11.2. The predicted molar refractivity (Wildman–Crippen MR) is 75.1 cm³/mol. The van der Waals surface area contributed by atoms with Crippen LogP contribution in [0.2, 0.25) is 0 Å². The van der Waals surface area contributed by atoms with Crippen LogP contribution >= 0.6 is 0 Å². The Labute approximate surface area is 116 Å². The van der Waals surface area contributed by atoms with E-state index in [1.807, 2.05) is 0 Å². The van der Waals surface area contributed by atoms with E-state index in [0.29, 0.717) is 16.7 Å². The third-order valence-corrected chi connectivity index (χ3v) is 2.65. The molecule has 20 heavy (non-hydrogen) atoms. The van der Waals surface area contributed by atoms with Gasteiger partial charge in [-0.25, -0.2) is 9.18 Å². The maximum atomic E-state index is 13.2. The first-order valence-electron chi connectivity index (χ1n) is 6.25. The second-order valence-electron chi connectivity index (χ2n) is 4.07. The van der Waals surface area contributed by atoms with Crippen LogP contribution < -0.4 is 0 Å². The first-order valence-corrected chi connectivity index (χ1v) is 6.25. The molecule has 4 heteroatoms. The summed E-state index contributed by atoms with van der Waals surface area (Å²) in [6, 6.07) is 9.46. The second kappa shape index (κ2) is 6.61. The van der Waals surface area contributed by atoms with Gasteiger partial charge in [-0.3, -0.25) is 4.98 Å². The minimum absolute atomic E-state index is 0.282. The molecule has 1 aromatic carbocycles. The zero-order chi connectivity index (χ0) is 14.4. The second-order valence-corrected chi connectivity index (χ2v) is 4.07. The maximum Gasteiger partial charge on any atom is 0.338 e. The van der Waals surface area contributed by atoms with Crippen LogP contribution in [0.3, 0.4) is 0 Å². The quantitative estimate of drug-likeness (QED) is 0.632. The van der Waals surface area contributed by atoms with Crippen LogP contribution in [0.1, 0.15) is 18.1 Å². The molecule has 0 spiro atoms. The molecule has 0 N–H and O–H groups in total. The Morgan fingerprint density at radius 3 is 2.70 bits per heavy atom. The van der Waals surface area contributed by atoms with Gasteiger partial charge in [0.2, 0.25) is 0 Å². The molecule has 0 fully saturated rings. The maximum absolute atomic E-state index is 13.2. The van der Waals surface area contributed by atoms with E-state index >= 15 is 0 Å². The minimum atomic E-state index is -0.442. The Morgan fingerprint density at radius 1 is 1.30 bits per heavy atom. The molecule has 102 valence electrons. The average Bonchev–Trinajstić information content (AvgIpc) is 2.46. The van der Waals surface area contributed by atoms with Gasteiger partial charge in [0.15, 0.2) is 0 Å². The summed E-state index contributed by atoms with van der Waals surface area (Å²) in [4.78, 5) is 15.9. The molecule has 1 heterocycles. The number of esters is 1. The number of pyridine rings is 1. The van der Waals surface area contributed by atoms with Crippen LogP contribution in [0.5, 0.6) is 0 Å². The Morgan fingerprint density at radius 2 is 2.05 bits per heavy atom. The van der Waals surface area contributed by atoms with Crippen LogP contribution in [-0.4, -0.2) is 17.6 Å². The van der Waals surface area contributed by atoms with E-state index in [0.717, 1.165) is 0 Å². The zero-order valence-electron chi connectivity index (χ0n) is 11.0. The molecule has 0 bridgehead atoms. The van der Waals surface area contributed by atoms with Gasteiger partial charge in [0.1, 0.15) is 5.82 Å². The molecule has 0 radical (unpaired) electrons. The van der Waals surface area contributed by atoms with Gasteiger partial charge in [-0.15, -0.1) is 0 Å². The van der Waals surface area contributed by atoms with Crippen molar-refractivity contribution < 1.29 is 13.9 Å². The highest BCUT2D eigenvalue weighted by Crippen LogP contribution is 2.19. The average molecular weight is 271 g/mol. The van der Waals surface area contributed by atoms with Crippen LogP contribution in [0.4, 0.5) is 4.39 Å². The standard InChI is InChI=1S/C16H14FNO2/c1-2-20-16(19)15(13-6-8-18-9-7-13)11-12-4-3-5-14(17)10-12/h3-11H,2H2,1H3/b15-11+. The summed E-state index contributed by atoms with van der Waals surface area (Å²) in [5.74, 6) is -0.792. The molecule has 0 aliphatic heterocycles. The molecule has 0 unspecified atom stereocenters. The van der Waals surface area contributed by atoms with Gasteiger partial charge in [-0.2, -0.15) is 0 Å². The van der Waals surface area contributed by atoms with Crippen LogP contribution in [0.15, 0.2) is 48.8 Å². The smallest absolute Gasteiger partial charge is 0.338 e. The third-order valence-electron chi connectivity index (χ3n) is 2.65. The molecule has 2 aromatic rings. The molecule has 0 aliphatic rings. The Bertz CT molecular complexity index is 623. The fourth-order valence-corrected chi connectivity index (χ4v) is 1.76. The highest BCUT2D eigenvalue weighted by molar-refractivity contribution is 6.21. The van der Waals surface area contributed by atoms with Crippen LogP contribution in [0.25, 0.3) is 11.6 Å². The van der Waals surface area contributed by atoms with Crippen molar-refractivity contribution in [3.63, 3.8) is 0 Å². The van der Waals surface area contributed by atoms with Gasteiger partial charge < -0.3 is 4.74 Å². The number of carbonyl (C=O) groups is 1. The number of aromatic nitrogens is 1. The monoisotopic (exact) mass is 271 g/mol. The summed E-state index contributed by atoms with van der Waals surface area (Å²) in [7, 11) is 0. The number of rotatable bonds is 4. The summed E-state index contributed by atoms with van der Waals surface area (Å²) in [5.41, 5.74) is 1.66. The zero-order valence-corrected chi connectivity index (χ0v) is 11.0. The Balaban J connectivity index is 2.44. The third kappa shape index (κ3) is 3.51. The van der Waals surface area contributed by atoms with Crippen molar-refractivity contribution in [2.45, 2.75) is 6.92 Å². The molecule has 0 atom stereocenters. The van der Waals surface area contributed by atoms with Gasteiger partial charge in [-0.1, -0.05) is 12.1 Å². The highest BCUT2D eigenvalue weighted by Gasteiger charge is 2.13. The summed E-state index contributed by atoms with van der Waals surface area (Å²) in [6.07, 6.45) is 4.79. The molecule has 0 saturated heterocycles. The number of hydrogen-bond donors (Lipinski definition) is 0. The fourth-order valence-electron chi connectivity index (χ4n) is 1.76. The van der Waals surface area contributed by atoms with Gasteiger partial charge in [0.05, 0.1) is 12.2 Å². The van der Waals surface area contributed by atoms with Gasteiger partial charge >= 0.3 is 5.97 Å². The van der Waals surface area contributed by atoms with Crippen molar-refractivity contribution in [1.82, 2.24) is 4.98 Å². The largest absolute Gasteiger partial charge is 0.462 e. The molecule has 3 nitrogen and oxygen atoms in total. The van der Waals surface area contributed by atoms with Crippen molar-refractivity contribution in [2.75, 3.05) is 6.61 Å². The Kier molecular flexibility index (Phi) is 4.60. The number of carbonyl (C=O) groups excluding carboxylic acids is 1. The molecule has 2 rings (SSSR count). The molecule has 1 aromatic heterocycles. The molecular formula is C16H14FNO2. The first-order chi connectivity index (χ1) is 9.70. The van der Waals surface area contributed by atoms with Crippen LogP contribution in [0, 0.1) is 5.82 Å². The van der Waals surface area contributed by atoms with Crippen molar-refractivity contribution in [3.05, 3.63) is 65.7 Å². The molecule has 0 aliphatic carbocycles. The number of benzene rings is 1. The predicted octanol–water partition coefficient (Wildman–Crippen LogP) is 3.32. The molecule has 0 amide bonds. The summed E-state index contributed by atoms with van der Waals surface area (Å²) >= 11 is 0. The summed E-state index contributed by atoms with van der Waals surface area (Å²) in [5, 5.41) is 0. The number of hydrogen-bond acceptors (Lipinski definition) is 3. The van der Waals surface area contributed by atoms with Gasteiger partial charge in [0.25, 0.3) is 0 Å². The number of nitrogens with zero attached hydrogens (tertiary/aromatic N) is 1. The number of ether oxygens (including phenoxy) is 1. The molecular weight excluding hydrogens is 257 g/mol. The van der Waals surface area contributed by atoms with Crippen molar-refractivity contribution >= 4 is 17.6 Å². The van der Waals surface area contributed by atoms with E-state index in [1.165, 1.54) is 12.1 Å². The lowest BCUT2D eigenvalue weighted by Crippen LogP contribution is -2.07. The van der Waals surface area contributed by atoms with Crippen molar-refractivity contribution in [1.29, 1.82) is 0 Å². The van der Waals surface area contributed by atoms with E-state index in [2.05, 4.69) is 4.98 Å². The van der Waals surface area contributed by atoms with Crippen LogP contribution in [-0.2, 0) is 9.53 Å². The van der Waals surface area contributed by atoms with Crippen molar-refractivity contribution in [2.24, 2.45) is 0 Å². The SMILES string of the molecule is CCOC(=O)/C(=C/c1cccc(F)c1)c1ccncc1. The topological polar surface area (TPSA) is 39.2 Å².